The molecule has 0 saturated heterocycles. The number of thiophene rings is 1. The lowest BCUT2D eigenvalue weighted by Crippen LogP contribution is -2.51. The predicted octanol–water partition coefficient (Wildman–Crippen LogP) is 7.41. The number of amidine groups is 1. The van der Waals surface area contributed by atoms with Gasteiger partial charge in [-0.3, -0.25) is 24.5 Å². The SMILES string of the molecule is CN(C(=O)c1ccc(C(=NC(=O)OC(C)(C)C)N(C(=O)OC(C)(C)C)C(=O)OC(C)(C)C)cc1)[C@@H](Cc1ccc([N+](=O)[O-])cc1)C(=O)N1CCc2sc(CC(=O)O)cc2C1. The van der Waals surface area contributed by atoms with E-state index < -0.39 is 69.7 Å². The van der Waals surface area contributed by atoms with Crippen LogP contribution >= 0.6 is 11.3 Å². The lowest BCUT2D eigenvalue weighted by molar-refractivity contribution is -0.384. The van der Waals surface area contributed by atoms with Gasteiger partial charge in [-0.15, -0.1) is 11.3 Å². The van der Waals surface area contributed by atoms with Gasteiger partial charge in [-0.25, -0.2) is 14.4 Å². The van der Waals surface area contributed by atoms with Crippen molar-refractivity contribution in [2.45, 2.75) is 111 Å². The zero-order chi connectivity index (χ0) is 44.9. The van der Waals surface area contributed by atoms with Crippen molar-refractivity contribution in [2.24, 2.45) is 4.99 Å². The highest BCUT2D eigenvalue weighted by atomic mass is 32.1. The number of hydrogen-bond donors (Lipinski definition) is 1. The summed E-state index contributed by atoms with van der Waals surface area (Å²) in [6, 6.07) is 11.8. The number of non-ortho nitro benzene ring substituents is 1. The molecule has 17 nitrogen and oxygen atoms in total. The van der Waals surface area contributed by atoms with Gasteiger partial charge in [0.1, 0.15) is 22.8 Å². The Bertz CT molecular complexity index is 2130. The van der Waals surface area contributed by atoms with Gasteiger partial charge in [-0.05, 0) is 98.1 Å². The number of fused-ring (bicyclic) bond motifs is 1. The predicted molar refractivity (Wildman–Crippen MR) is 221 cm³/mol. The van der Waals surface area contributed by atoms with Gasteiger partial charge in [-0.1, -0.05) is 24.3 Å². The van der Waals surface area contributed by atoms with Crippen LogP contribution in [0, 0.1) is 10.1 Å². The Hall–Kier alpha value is -6.17. The van der Waals surface area contributed by atoms with E-state index in [1.54, 1.807) is 73.3 Å². The van der Waals surface area contributed by atoms with Crippen LogP contribution in [0.2, 0.25) is 0 Å². The van der Waals surface area contributed by atoms with Crippen LogP contribution in [0.15, 0.2) is 59.6 Å². The van der Waals surface area contributed by atoms with Crippen LogP contribution in [0.5, 0.6) is 0 Å². The third-order valence-corrected chi connectivity index (χ3v) is 9.79. The zero-order valence-corrected chi connectivity index (χ0v) is 36.2. The van der Waals surface area contributed by atoms with Gasteiger partial charge in [0.2, 0.25) is 5.91 Å². The third-order valence-electron chi connectivity index (χ3n) is 8.55. The molecule has 1 aromatic heterocycles. The molecular formula is C42H51N5O12S. The summed E-state index contributed by atoms with van der Waals surface area (Å²) in [5, 5.41) is 20.6. The summed E-state index contributed by atoms with van der Waals surface area (Å²) in [7, 11) is 1.46. The minimum atomic E-state index is -1.20. The zero-order valence-electron chi connectivity index (χ0n) is 35.4. The first-order chi connectivity index (χ1) is 27.7. The van der Waals surface area contributed by atoms with Crippen LogP contribution in [0.4, 0.5) is 20.1 Å². The lowest BCUT2D eigenvalue weighted by atomic mass is 10.00. The summed E-state index contributed by atoms with van der Waals surface area (Å²) in [6.45, 7) is 14.9. The maximum atomic E-state index is 14.4. The molecule has 0 radical (unpaired) electrons. The quantitative estimate of drug-likeness (QED) is 0.0733. The molecule has 0 bridgehead atoms. The van der Waals surface area contributed by atoms with Crippen LogP contribution < -0.4 is 0 Å². The minimum Gasteiger partial charge on any atom is -0.481 e. The van der Waals surface area contributed by atoms with E-state index in [-0.39, 0.29) is 36.2 Å². The molecule has 0 aliphatic carbocycles. The van der Waals surface area contributed by atoms with E-state index in [1.165, 1.54) is 71.8 Å². The Labute approximate surface area is 352 Å². The van der Waals surface area contributed by atoms with E-state index >= 15 is 0 Å². The number of ether oxygens (including phenoxy) is 3. The Kier molecular flexibility index (Phi) is 14.3. The molecular weight excluding hydrogens is 799 g/mol. The van der Waals surface area contributed by atoms with Gasteiger partial charge in [0.25, 0.3) is 11.6 Å². The summed E-state index contributed by atoms with van der Waals surface area (Å²) in [4.78, 5) is 100. The number of aliphatic carboxylic acids is 1. The number of nitro groups is 1. The molecule has 0 saturated carbocycles. The van der Waals surface area contributed by atoms with E-state index in [2.05, 4.69) is 4.99 Å². The molecule has 4 rings (SSSR count). The lowest BCUT2D eigenvalue weighted by Gasteiger charge is -2.34. The van der Waals surface area contributed by atoms with E-state index in [4.69, 9.17) is 14.2 Å². The first kappa shape index (κ1) is 46.5. The number of aliphatic imine (C=N–C) groups is 1. The highest BCUT2D eigenvalue weighted by Gasteiger charge is 2.38. The molecule has 322 valence electrons. The average molecular weight is 850 g/mol. The molecule has 1 aliphatic heterocycles. The molecule has 3 aromatic rings. The van der Waals surface area contributed by atoms with Crippen LogP contribution in [0.3, 0.4) is 0 Å². The molecule has 0 unspecified atom stereocenters. The molecule has 0 spiro atoms. The maximum Gasteiger partial charge on any atom is 0.436 e. The van der Waals surface area contributed by atoms with Crippen molar-refractivity contribution in [2.75, 3.05) is 13.6 Å². The monoisotopic (exact) mass is 849 g/mol. The van der Waals surface area contributed by atoms with Gasteiger partial charge in [0, 0.05) is 59.6 Å². The molecule has 60 heavy (non-hydrogen) atoms. The van der Waals surface area contributed by atoms with E-state index in [0.29, 0.717) is 28.3 Å². The number of imide groups is 1. The van der Waals surface area contributed by atoms with Crippen molar-refractivity contribution in [3.63, 3.8) is 0 Å². The Morgan fingerprint density at radius 3 is 1.88 bits per heavy atom. The summed E-state index contributed by atoms with van der Waals surface area (Å²) in [5.74, 6) is -2.46. The number of nitrogens with zero attached hydrogens (tertiary/aromatic N) is 5. The number of nitro benzene ring substituents is 1. The fraction of sp³-hybridized carbons (Fsp3) is 0.452. The van der Waals surface area contributed by atoms with Gasteiger partial charge in [0.05, 0.1) is 11.3 Å². The molecule has 2 heterocycles. The summed E-state index contributed by atoms with van der Waals surface area (Å²) in [6.07, 6.45) is -3.17. The first-order valence-corrected chi connectivity index (χ1v) is 19.8. The number of benzene rings is 2. The van der Waals surface area contributed by atoms with Crippen LogP contribution in [0.1, 0.15) is 99.1 Å². The van der Waals surface area contributed by atoms with Gasteiger partial charge in [-0.2, -0.15) is 9.89 Å². The van der Waals surface area contributed by atoms with Crippen LogP contribution in [0.25, 0.3) is 0 Å². The van der Waals surface area contributed by atoms with Crippen molar-refractivity contribution >= 4 is 58.9 Å². The number of carboxylic acids is 1. The standard InChI is InChI=1S/C42H51N5O12S/c1-40(2,3)57-37(52)43-34(46(38(53)58-41(4,5)6)39(54)59-42(7,8)9)26-13-15-27(16-14-26)35(50)44(10)31(21-25-11-17-29(18-12-25)47(55)56)36(51)45-20-19-32-28(24-45)22-30(60-32)23-33(48)49/h11-18,22,31H,19-21,23-24H2,1-10H3,(H,48,49)/t31-/m0/s1. The highest BCUT2D eigenvalue weighted by Crippen LogP contribution is 2.30. The maximum absolute atomic E-state index is 14.4. The Morgan fingerprint density at radius 1 is 0.850 bits per heavy atom. The smallest absolute Gasteiger partial charge is 0.436 e. The van der Waals surface area contributed by atoms with E-state index in [0.717, 1.165) is 10.4 Å². The number of carboxylic acid groups (broad SMARTS) is 1. The number of carbonyl (C=O) groups is 6. The minimum absolute atomic E-state index is 0.00183. The summed E-state index contributed by atoms with van der Waals surface area (Å²) in [5.41, 5.74) is -1.82. The highest BCUT2D eigenvalue weighted by molar-refractivity contribution is 7.12. The molecule has 0 fully saturated rings. The largest absolute Gasteiger partial charge is 0.481 e. The van der Waals surface area contributed by atoms with Gasteiger partial charge >= 0.3 is 24.2 Å². The number of hydrogen-bond acceptors (Lipinski definition) is 12. The van der Waals surface area contributed by atoms with Crippen molar-refractivity contribution in [1.29, 1.82) is 0 Å². The molecule has 1 aliphatic rings. The van der Waals surface area contributed by atoms with Gasteiger partial charge < -0.3 is 29.1 Å². The number of amides is 5. The fourth-order valence-electron chi connectivity index (χ4n) is 5.98. The molecule has 2 aromatic carbocycles. The van der Waals surface area contributed by atoms with Crippen molar-refractivity contribution in [3.05, 3.63) is 96.7 Å². The molecule has 1 atom stereocenters. The second kappa shape index (κ2) is 18.4. The first-order valence-electron chi connectivity index (χ1n) is 19.0. The second-order valence-corrected chi connectivity index (χ2v) is 18.3. The van der Waals surface area contributed by atoms with Crippen LogP contribution in [-0.4, -0.2) is 103 Å². The normalized spacial score (nSPS) is 13.7. The van der Waals surface area contributed by atoms with Crippen molar-refractivity contribution in [3.8, 4) is 0 Å². The summed E-state index contributed by atoms with van der Waals surface area (Å²) >= 11 is 1.39. The molecule has 5 amide bonds. The topological polar surface area (TPSA) is 216 Å². The summed E-state index contributed by atoms with van der Waals surface area (Å²) < 4.78 is 16.4. The van der Waals surface area contributed by atoms with E-state index in [1.807, 2.05) is 0 Å². The fourth-order valence-corrected chi connectivity index (χ4v) is 7.14. The number of carbonyl (C=O) groups excluding carboxylic acids is 5. The molecule has 1 N–H and O–H groups in total. The molecule has 18 heteroatoms. The third kappa shape index (κ3) is 12.9. The average Bonchev–Trinajstić information content (AvgIpc) is 3.51. The van der Waals surface area contributed by atoms with E-state index in [9.17, 15) is 44.0 Å². The van der Waals surface area contributed by atoms with Crippen molar-refractivity contribution < 1.29 is 53.0 Å². The van der Waals surface area contributed by atoms with Crippen LogP contribution in [-0.2, 0) is 49.6 Å². The Balaban J connectivity index is 1.73. The number of rotatable bonds is 9. The Morgan fingerprint density at radius 2 is 1.38 bits per heavy atom. The number of likely N-dealkylation sites (N-methyl/N-ethyl adjacent to an activating group) is 1. The van der Waals surface area contributed by atoms with Crippen molar-refractivity contribution in [1.82, 2.24) is 14.7 Å². The second-order valence-electron chi connectivity index (χ2n) is 17.1. The van der Waals surface area contributed by atoms with Gasteiger partial charge in [0.15, 0.2) is 5.84 Å².